The number of esters is 2. The van der Waals surface area contributed by atoms with Crippen LogP contribution in [0.5, 0.6) is 0 Å². The highest BCUT2D eigenvalue weighted by Crippen LogP contribution is 2.08. The first-order chi connectivity index (χ1) is 8.67. The zero-order chi connectivity index (χ0) is 13.4. The standard InChI is InChI=1S/C14H16O4/c1-3-18-14(16)12-9-7-11(8-10-12)5-4-6-13(15)17-2/h4-5,7-10H,3,6H2,1-2H3. The minimum atomic E-state index is -0.331. The summed E-state index contributed by atoms with van der Waals surface area (Å²) in [6, 6.07) is 6.96. The van der Waals surface area contributed by atoms with Crippen molar-refractivity contribution in [2.45, 2.75) is 13.3 Å². The van der Waals surface area contributed by atoms with Crippen LogP contribution in [-0.2, 0) is 14.3 Å². The number of carbonyl (C=O) groups excluding carboxylic acids is 2. The molecule has 0 radical (unpaired) electrons. The lowest BCUT2D eigenvalue weighted by atomic mass is 10.1. The lowest BCUT2D eigenvalue weighted by molar-refractivity contribution is -0.139. The SMILES string of the molecule is CCOC(=O)c1ccc(C=CCC(=O)OC)cc1. The molecule has 0 saturated carbocycles. The van der Waals surface area contributed by atoms with Crippen molar-refractivity contribution in [3.05, 3.63) is 41.5 Å². The fourth-order valence-corrected chi connectivity index (χ4v) is 1.32. The van der Waals surface area contributed by atoms with Crippen LogP contribution in [0.15, 0.2) is 30.3 Å². The summed E-state index contributed by atoms with van der Waals surface area (Å²) in [5.74, 6) is -0.614. The summed E-state index contributed by atoms with van der Waals surface area (Å²) in [5.41, 5.74) is 1.42. The van der Waals surface area contributed by atoms with Gasteiger partial charge in [-0.25, -0.2) is 4.79 Å². The maximum absolute atomic E-state index is 11.4. The Morgan fingerprint density at radius 1 is 1.22 bits per heavy atom. The largest absolute Gasteiger partial charge is 0.469 e. The minimum Gasteiger partial charge on any atom is -0.469 e. The molecule has 0 unspecified atom stereocenters. The zero-order valence-electron chi connectivity index (χ0n) is 10.5. The van der Waals surface area contributed by atoms with Gasteiger partial charge in [-0.15, -0.1) is 0 Å². The molecule has 4 heteroatoms. The Labute approximate surface area is 106 Å². The summed E-state index contributed by atoms with van der Waals surface area (Å²) < 4.78 is 9.39. The highest BCUT2D eigenvalue weighted by Gasteiger charge is 2.04. The van der Waals surface area contributed by atoms with Crippen LogP contribution in [-0.4, -0.2) is 25.7 Å². The average molecular weight is 248 g/mol. The third-order valence-corrected chi connectivity index (χ3v) is 2.24. The summed E-state index contributed by atoms with van der Waals surface area (Å²) >= 11 is 0. The third-order valence-electron chi connectivity index (χ3n) is 2.24. The summed E-state index contributed by atoms with van der Waals surface area (Å²) in [4.78, 5) is 22.3. The zero-order valence-corrected chi connectivity index (χ0v) is 10.5. The summed E-state index contributed by atoms with van der Waals surface area (Å²) in [6.45, 7) is 2.13. The van der Waals surface area contributed by atoms with E-state index in [9.17, 15) is 9.59 Å². The molecule has 1 rings (SSSR count). The smallest absolute Gasteiger partial charge is 0.338 e. The fraction of sp³-hybridized carbons (Fsp3) is 0.286. The van der Waals surface area contributed by atoms with Crippen molar-refractivity contribution in [1.82, 2.24) is 0 Å². The van der Waals surface area contributed by atoms with E-state index < -0.39 is 0 Å². The fourth-order valence-electron chi connectivity index (χ4n) is 1.32. The monoisotopic (exact) mass is 248 g/mol. The van der Waals surface area contributed by atoms with Gasteiger partial charge in [0.05, 0.1) is 25.7 Å². The molecule has 0 aromatic heterocycles. The molecule has 0 fully saturated rings. The van der Waals surface area contributed by atoms with Crippen LogP contribution in [0.4, 0.5) is 0 Å². The van der Waals surface area contributed by atoms with E-state index in [0.29, 0.717) is 12.2 Å². The van der Waals surface area contributed by atoms with Gasteiger partial charge in [-0.1, -0.05) is 24.3 Å². The van der Waals surface area contributed by atoms with Gasteiger partial charge in [0.25, 0.3) is 0 Å². The first kappa shape index (κ1) is 14.0. The molecule has 0 aliphatic carbocycles. The number of benzene rings is 1. The highest BCUT2D eigenvalue weighted by atomic mass is 16.5. The van der Waals surface area contributed by atoms with E-state index in [2.05, 4.69) is 4.74 Å². The van der Waals surface area contributed by atoms with Crippen molar-refractivity contribution < 1.29 is 19.1 Å². The van der Waals surface area contributed by atoms with Crippen molar-refractivity contribution in [2.24, 2.45) is 0 Å². The molecule has 0 atom stereocenters. The van der Waals surface area contributed by atoms with Gasteiger partial charge >= 0.3 is 11.9 Å². The van der Waals surface area contributed by atoms with Gasteiger partial charge < -0.3 is 9.47 Å². The Morgan fingerprint density at radius 3 is 2.44 bits per heavy atom. The van der Waals surface area contributed by atoms with Crippen molar-refractivity contribution in [3.8, 4) is 0 Å². The molecule has 0 bridgehead atoms. The number of rotatable bonds is 5. The van der Waals surface area contributed by atoms with Crippen molar-refractivity contribution >= 4 is 18.0 Å². The molecule has 4 nitrogen and oxygen atoms in total. The number of methoxy groups -OCH3 is 1. The van der Waals surface area contributed by atoms with E-state index >= 15 is 0 Å². The minimum absolute atomic E-state index is 0.232. The molecule has 0 saturated heterocycles. The van der Waals surface area contributed by atoms with E-state index in [0.717, 1.165) is 5.56 Å². The van der Waals surface area contributed by atoms with Crippen LogP contribution in [0.25, 0.3) is 6.08 Å². The molecule has 1 aromatic rings. The molecule has 0 spiro atoms. The van der Waals surface area contributed by atoms with Crippen molar-refractivity contribution in [1.29, 1.82) is 0 Å². The van der Waals surface area contributed by atoms with Gasteiger partial charge in [0, 0.05) is 0 Å². The Bertz CT molecular complexity index is 432. The van der Waals surface area contributed by atoms with Crippen molar-refractivity contribution in [3.63, 3.8) is 0 Å². The maximum atomic E-state index is 11.4. The third kappa shape index (κ3) is 4.41. The van der Waals surface area contributed by atoms with Crippen molar-refractivity contribution in [2.75, 3.05) is 13.7 Å². The molecule has 0 heterocycles. The summed E-state index contributed by atoms with van der Waals surface area (Å²) in [5, 5.41) is 0. The quantitative estimate of drug-likeness (QED) is 0.751. The molecule has 0 aliphatic rings. The average Bonchev–Trinajstić information content (AvgIpc) is 2.39. The van der Waals surface area contributed by atoms with Gasteiger partial charge in [0.1, 0.15) is 0 Å². The predicted molar refractivity (Wildman–Crippen MR) is 68.1 cm³/mol. The van der Waals surface area contributed by atoms with Gasteiger partial charge in [-0.05, 0) is 24.6 Å². The first-order valence-corrected chi connectivity index (χ1v) is 5.68. The van der Waals surface area contributed by atoms with Crippen LogP contribution in [0.1, 0.15) is 29.3 Å². The molecule has 0 N–H and O–H groups in total. The van der Waals surface area contributed by atoms with E-state index in [1.807, 2.05) is 0 Å². The lowest BCUT2D eigenvalue weighted by Gasteiger charge is -2.01. The topological polar surface area (TPSA) is 52.6 Å². The van der Waals surface area contributed by atoms with Gasteiger partial charge in [0.15, 0.2) is 0 Å². The highest BCUT2D eigenvalue weighted by molar-refractivity contribution is 5.89. The van der Waals surface area contributed by atoms with Gasteiger partial charge in [-0.3, -0.25) is 4.79 Å². The van der Waals surface area contributed by atoms with Crippen LogP contribution in [0, 0.1) is 0 Å². The molecule has 96 valence electrons. The second-order valence-corrected chi connectivity index (χ2v) is 3.53. The number of hydrogen-bond acceptors (Lipinski definition) is 4. The maximum Gasteiger partial charge on any atom is 0.338 e. The molecule has 0 aliphatic heterocycles. The Hall–Kier alpha value is -2.10. The van der Waals surface area contributed by atoms with E-state index in [4.69, 9.17) is 4.74 Å². The number of ether oxygens (including phenoxy) is 2. The Kier molecular flexibility index (Phi) is 5.64. The Morgan fingerprint density at radius 2 is 1.89 bits per heavy atom. The predicted octanol–water partition coefficient (Wildman–Crippen LogP) is 2.44. The van der Waals surface area contributed by atoms with Crippen LogP contribution in [0.3, 0.4) is 0 Å². The van der Waals surface area contributed by atoms with Crippen LogP contribution < -0.4 is 0 Å². The Balaban J connectivity index is 2.60. The number of hydrogen-bond donors (Lipinski definition) is 0. The number of carbonyl (C=O) groups is 2. The molecule has 0 amide bonds. The second-order valence-electron chi connectivity index (χ2n) is 3.53. The van der Waals surface area contributed by atoms with Gasteiger partial charge in [0.2, 0.25) is 0 Å². The molecular weight excluding hydrogens is 232 g/mol. The molecular formula is C14H16O4. The van der Waals surface area contributed by atoms with E-state index in [-0.39, 0.29) is 18.4 Å². The van der Waals surface area contributed by atoms with Crippen LogP contribution >= 0.6 is 0 Å². The normalized spacial score (nSPS) is 10.3. The van der Waals surface area contributed by atoms with E-state index in [1.54, 1.807) is 43.3 Å². The summed E-state index contributed by atoms with van der Waals surface area (Å²) in [7, 11) is 1.35. The second kappa shape index (κ2) is 7.27. The van der Waals surface area contributed by atoms with Gasteiger partial charge in [-0.2, -0.15) is 0 Å². The van der Waals surface area contributed by atoms with Crippen LogP contribution in [0.2, 0.25) is 0 Å². The molecule has 18 heavy (non-hydrogen) atoms. The molecule has 1 aromatic carbocycles. The van der Waals surface area contributed by atoms with E-state index in [1.165, 1.54) is 7.11 Å². The lowest BCUT2D eigenvalue weighted by Crippen LogP contribution is -2.03. The summed E-state index contributed by atoms with van der Waals surface area (Å²) in [6.07, 6.45) is 3.74. The first-order valence-electron chi connectivity index (χ1n) is 5.68.